The van der Waals surface area contributed by atoms with Gasteiger partial charge in [-0.25, -0.2) is 0 Å². The largest absolute Gasteiger partial charge is 0.462 e. The number of rotatable bonds is 97. The van der Waals surface area contributed by atoms with E-state index in [2.05, 4.69) is 125 Å². The van der Waals surface area contributed by atoms with Gasteiger partial charge < -0.3 is 67.8 Å². The number of nitrogens with one attached hydrogen (secondary N) is 4. The molecule has 8 atom stereocenters. The molecule has 0 spiro atoms. The fourth-order valence-electron chi connectivity index (χ4n) is 14.8. The number of ether oxygens (including phenoxy) is 6. The van der Waals surface area contributed by atoms with Crippen molar-refractivity contribution < 1.29 is 94.0 Å². The highest BCUT2D eigenvalue weighted by Crippen LogP contribution is 2.44. The molecule has 4 amide bonds. The molecule has 0 bridgehead atoms. The van der Waals surface area contributed by atoms with E-state index in [0.29, 0.717) is 77.0 Å². The third kappa shape index (κ3) is 85.8. The highest BCUT2D eigenvalue weighted by atomic mass is 31.2. The zero-order valence-corrected chi connectivity index (χ0v) is 85.8. The first-order chi connectivity index (χ1) is 63.1. The standard InChI is InChI=1S/C104H192N4O20P2/c1-11-19-27-35-39-43-47-55-63-71-101(113)125-93(67-59-51-31-23-15-5)77-81-119-87-91(107-99(111)85-95(69-61-53-33-25-17-7)127-103(115)73-65-57-49-45-41-37-29-21-13-3)89-123-129(9,117)121-83-79-105-97(109)75-76-98(110)106-80-84-122-130(10,118)124-90-92(88-120-82-78-94(68-60-52-32-24-16-6)126-102(114)72-64-56-48-44-40-36-28-20-12-2)108-100(112)86-96(70-62-54-34-26-18-8)128-104(116)74-66-58-50-46-42-38-30-22-14-4/h43-50,91-96H,11-42,51-90H2,1-10H3,(H,105,109)(H,106,110)(H,107,111)(H,108,112)/b47-43-,48-44-,49-45-,50-46-/t91?,92?,93?,94?,95-,96-,129?,130?/m1/s1. The van der Waals surface area contributed by atoms with Gasteiger partial charge in [-0.15, -0.1) is 0 Å². The molecule has 0 aliphatic heterocycles. The average Bonchev–Trinajstić information content (AvgIpc) is 0.905. The van der Waals surface area contributed by atoms with Crippen molar-refractivity contribution in [3.63, 3.8) is 0 Å². The third-order valence-corrected chi connectivity index (χ3v) is 25.3. The van der Waals surface area contributed by atoms with E-state index in [1.807, 2.05) is 0 Å². The average molecular weight is 1880 g/mol. The summed E-state index contributed by atoms with van der Waals surface area (Å²) in [6, 6.07) is -1.64. The maximum Gasteiger partial charge on any atom is 0.327 e. The van der Waals surface area contributed by atoms with Crippen molar-refractivity contribution in [2.24, 2.45) is 0 Å². The molecule has 0 saturated heterocycles. The molecular formula is C104H192N4O20P2. The van der Waals surface area contributed by atoms with E-state index in [4.69, 9.17) is 46.5 Å². The minimum absolute atomic E-state index is 0.0463. The van der Waals surface area contributed by atoms with Crippen LogP contribution in [0.15, 0.2) is 48.6 Å². The Morgan fingerprint density at radius 3 is 0.762 bits per heavy atom. The van der Waals surface area contributed by atoms with E-state index < -0.39 is 63.1 Å². The van der Waals surface area contributed by atoms with Gasteiger partial charge in [0.1, 0.15) is 24.4 Å². The van der Waals surface area contributed by atoms with E-state index in [9.17, 15) is 47.5 Å². The van der Waals surface area contributed by atoms with Gasteiger partial charge in [0, 0.05) is 77.8 Å². The van der Waals surface area contributed by atoms with E-state index in [1.54, 1.807) is 0 Å². The van der Waals surface area contributed by atoms with Crippen LogP contribution in [0.4, 0.5) is 0 Å². The quantitative estimate of drug-likeness (QED) is 0.0145. The molecule has 130 heavy (non-hydrogen) atoms. The predicted molar refractivity (Wildman–Crippen MR) is 530 cm³/mol. The van der Waals surface area contributed by atoms with Crippen LogP contribution in [0, 0.1) is 0 Å². The number of amides is 4. The van der Waals surface area contributed by atoms with Crippen LogP contribution in [0.25, 0.3) is 0 Å². The number of carbonyl (C=O) groups is 8. The summed E-state index contributed by atoms with van der Waals surface area (Å²) in [7, 11) is -7.66. The van der Waals surface area contributed by atoms with Gasteiger partial charge in [-0.1, -0.05) is 284 Å². The Balaban J connectivity index is 6.22. The number of hydrogen-bond donors (Lipinski definition) is 4. The molecular weight excluding hydrogens is 1690 g/mol. The summed E-state index contributed by atoms with van der Waals surface area (Å²) in [5.74, 6) is -2.93. The maximum atomic E-state index is 14.1. The summed E-state index contributed by atoms with van der Waals surface area (Å²) in [5.41, 5.74) is 0. The molecule has 0 rings (SSSR count). The molecule has 0 fully saturated rings. The first-order valence-electron chi connectivity index (χ1n) is 52.5. The molecule has 4 N–H and O–H groups in total. The SMILES string of the molecule is CCCCCC/C=C\CCCC(=O)OC(CCCCCCC)CCOCC(COP(C)(=O)OCCNC(=O)CCC(=O)NCCOP(C)(=O)OCC(COCCC(CCCCCCC)OC(=O)CCC/C=C\CCCCCC)NC(=O)C[C@@H](CCCCCCC)OC(=O)CCC/C=C\CCCCCC)NC(=O)C[C@@H](CCCCCCC)OC(=O)CCC/C=C\CCCCCC. The summed E-state index contributed by atoms with van der Waals surface area (Å²) < 4.78 is 87.6. The predicted octanol–water partition coefficient (Wildman–Crippen LogP) is 26.2. The molecule has 24 nitrogen and oxygen atoms in total. The zero-order valence-electron chi connectivity index (χ0n) is 84.1. The van der Waals surface area contributed by atoms with Gasteiger partial charge in [-0.2, -0.15) is 0 Å². The summed E-state index contributed by atoms with van der Waals surface area (Å²) in [5, 5.41) is 11.4. The van der Waals surface area contributed by atoms with Crippen molar-refractivity contribution in [2.45, 2.75) is 490 Å². The Kier molecular flexibility index (Phi) is 88.1. The van der Waals surface area contributed by atoms with Crippen LogP contribution in [-0.2, 0) is 94.0 Å². The summed E-state index contributed by atoms with van der Waals surface area (Å²) in [6.45, 7) is 19.2. The van der Waals surface area contributed by atoms with Crippen LogP contribution < -0.4 is 21.3 Å². The van der Waals surface area contributed by atoms with Crippen LogP contribution in [0.2, 0.25) is 0 Å². The monoisotopic (exact) mass is 1880 g/mol. The molecule has 758 valence electrons. The molecule has 0 heterocycles. The third-order valence-electron chi connectivity index (χ3n) is 22.7. The molecule has 0 radical (unpaired) electrons. The van der Waals surface area contributed by atoms with Gasteiger partial charge in [-0.3, -0.25) is 47.5 Å². The molecule has 0 aromatic carbocycles. The minimum atomic E-state index is -3.83. The molecule has 0 aromatic heterocycles. The summed E-state index contributed by atoms with van der Waals surface area (Å²) in [4.78, 5) is 107. The Bertz CT molecular complexity index is 2780. The molecule has 0 saturated carbocycles. The van der Waals surface area contributed by atoms with Crippen molar-refractivity contribution in [1.82, 2.24) is 21.3 Å². The van der Waals surface area contributed by atoms with Gasteiger partial charge >= 0.3 is 39.1 Å². The normalized spacial score (nSPS) is 14.1. The topological polar surface area (TPSA) is 311 Å². The molecule has 6 unspecified atom stereocenters. The van der Waals surface area contributed by atoms with Crippen LogP contribution in [0.3, 0.4) is 0 Å². The summed E-state index contributed by atoms with van der Waals surface area (Å²) >= 11 is 0. The maximum absolute atomic E-state index is 14.1. The number of hydrogen-bond acceptors (Lipinski definition) is 20. The second-order valence-corrected chi connectivity index (χ2v) is 39.9. The lowest BCUT2D eigenvalue weighted by Crippen LogP contribution is -2.43. The number of esters is 4. The van der Waals surface area contributed by atoms with Gasteiger partial charge in [0.25, 0.3) is 0 Å². The fraction of sp³-hybridized carbons (Fsp3) is 0.846. The van der Waals surface area contributed by atoms with E-state index in [0.717, 1.165) is 193 Å². The Morgan fingerprint density at radius 2 is 0.492 bits per heavy atom. The van der Waals surface area contributed by atoms with Crippen molar-refractivity contribution >= 4 is 62.7 Å². The second-order valence-electron chi connectivity index (χ2n) is 35.8. The first-order valence-corrected chi connectivity index (χ1v) is 56.4. The molecule has 0 aliphatic rings. The lowest BCUT2D eigenvalue weighted by molar-refractivity contribution is -0.152. The summed E-state index contributed by atoms with van der Waals surface area (Å²) in [6.07, 6.45) is 68.7. The van der Waals surface area contributed by atoms with Crippen LogP contribution in [0.5, 0.6) is 0 Å². The van der Waals surface area contributed by atoms with Crippen LogP contribution >= 0.6 is 15.2 Å². The first kappa shape index (κ1) is 125. The van der Waals surface area contributed by atoms with Crippen molar-refractivity contribution in [3.05, 3.63) is 48.6 Å². The molecule has 0 aliphatic carbocycles. The van der Waals surface area contributed by atoms with Crippen molar-refractivity contribution in [1.29, 1.82) is 0 Å². The van der Waals surface area contributed by atoms with E-state index >= 15 is 0 Å². The van der Waals surface area contributed by atoms with Gasteiger partial charge in [0.2, 0.25) is 23.6 Å². The van der Waals surface area contributed by atoms with Gasteiger partial charge in [0.05, 0.1) is 77.8 Å². The minimum Gasteiger partial charge on any atom is -0.462 e. The number of allylic oxidation sites excluding steroid dienone is 8. The van der Waals surface area contributed by atoms with E-state index in [1.165, 1.54) is 103 Å². The van der Waals surface area contributed by atoms with Crippen LogP contribution in [0.1, 0.15) is 453 Å². The van der Waals surface area contributed by atoms with Crippen molar-refractivity contribution in [3.8, 4) is 0 Å². The van der Waals surface area contributed by atoms with E-state index in [-0.39, 0.29) is 141 Å². The Hall–Kier alpha value is -5.06. The number of carbonyl (C=O) groups excluding carboxylic acids is 8. The van der Waals surface area contributed by atoms with Gasteiger partial charge in [0.15, 0.2) is 0 Å². The highest BCUT2D eigenvalue weighted by molar-refractivity contribution is 7.53. The molecule has 26 heteroatoms. The zero-order chi connectivity index (χ0) is 95.6. The lowest BCUT2D eigenvalue weighted by Gasteiger charge is -2.24. The fourth-order valence-corrected chi connectivity index (χ4v) is 16.7. The second kappa shape index (κ2) is 91.7. The Labute approximate surface area is 791 Å². The van der Waals surface area contributed by atoms with Crippen LogP contribution in [-0.4, -0.2) is 163 Å². The lowest BCUT2D eigenvalue weighted by atomic mass is 10.1. The number of unbranched alkanes of at least 4 members (excludes halogenated alkanes) is 36. The molecule has 0 aromatic rings. The smallest absolute Gasteiger partial charge is 0.327 e. The highest BCUT2D eigenvalue weighted by Gasteiger charge is 2.28. The van der Waals surface area contributed by atoms with Crippen molar-refractivity contribution in [2.75, 3.05) is 79.3 Å². The van der Waals surface area contributed by atoms with Gasteiger partial charge in [-0.05, 0) is 154 Å². The Morgan fingerprint density at radius 1 is 0.254 bits per heavy atom.